The SMILES string of the molecule is O=C1CCc2cc(F)ccc2N1C[B-](F)(F)F. The van der Waals surface area contributed by atoms with Gasteiger partial charge in [-0.3, -0.25) is 4.79 Å². The Bertz CT molecular complexity index is 460. The zero-order valence-electron chi connectivity index (χ0n) is 8.80. The molecule has 0 radical (unpaired) electrons. The topological polar surface area (TPSA) is 20.3 Å². The van der Waals surface area contributed by atoms with Crippen molar-refractivity contribution in [3.8, 4) is 0 Å². The van der Waals surface area contributed by atoms with Crippen molar-refractivity contribution in [1.29, 1.82) is 0 Å². The monoisotopic (exact) mass is 246 g/mol. The zero-order valence-corrected chi connectivity index (χ0v) is 8.80. The quantitative estimate of drug-likeness (QED) is 0.579. The van der Waals surface area contributed by atoms with Gasteiger partial charge in [-0.2, -0.15) is 0 Å². The minimum Gasteiger partial charge on any atom is -0.448 e. The summed E-state index contributed by atoms with van der Waals surface area (Å²) in [5, 5.41) is 0. The fraction of sp³-hybridized carbons (Fsp3) is 0.300. The molecule has 1 heterocycles. The number of amides is 1. The standard InChI is InChI=1S/C10H9BF4NO/c12-8-2-3-9-7(5-8)1-4-10(17)16(9)6-11(13,14)15/h2-3,5H,1,4,6H2/q-1. The molecule has 1 aromatic carbocycles. The maximum atomic E-state index is 12.9. The molecule has 7 heteroatoms. The van der Waals surface area contributed by atoms with Gasteiger partial charge in [0, 0.05) is 12.1 Å². The van der Waals surface area contributed by atoms with Crippen molar-refractivity contribution in [3.05, 3.63) is 29.6 Å². The Morgan fingerprint density at radius 2 is 1.94 bits per heavy atom. The summed E-state index contributed by atoms with van der Waals surface area (Å²) < 4.78 is 50.1. The molecule has 0 bridgehead atoms. The number of hydrogen-bond acceptors (Lipinski definition) is 1. The Morgan fingerprint density at radius 3 is 2.59 bits per heavy atom. The molecule has 0 spiro atoms. The van der Waals surface area contributed by atoms with E-state index in [4.69, 9.17) is 0 Å². The molecule has 0 saturated heterocycles. The van der Waals surface area contributed by atoms with Gasteiger partial charge in [-0.05, 0) is 36.6 Å². The van der Waals surface area contributed by atoms with E-state index in [-0.39, 0.29) is 18.5 Å². The molecule has 0 aromatic heterocycles. The normalized spacial score (nSPS) is 16.0. The Hall–Kier alpha value is -1.53. The molecule has 2 nitrogen and oxygen atoms in total. The summed E-state index contributed by atoms with van der Waals surface area (Å²) in [4.78, 5) is 12.2. The van der Waals surface area contributed by atoms with E-state index in [9.17, 15) is 22.1 Å². The van der Waals surface area contributed by atoms with Gasteiger partial charge in [0.25, 0.3) is 0 Å². The van der Waals surface area contributed by atoms with Gasteiger partial charge in [0.2, 0.25) is 5.91 Å². The van der Waals surface area contributed by atoms with Gasteiger partial charge >= 0.3 is 6.98 Å². The molecule has 0 unspecified atom stereocenters. The van der Waals surface area contributed by atoms with Crippen LogP contribution in [0.15, 0.2) is 18.2 Å². The number of hydrogen-bond donors (Lipinski definition) is 0. The van der Waals surface area contributed by atoms with Crippen LogP contribution in [-0.4, -0.2) is 19.3 Å². The van der Waals surface area contributed by atoms with Crippen LogP contribution in [0, 0.1) is 5.82 Å². The Morgan fingerprint density at radius 1 is 1.24 bits per heavy atom. The Labute approximate surface area is 95.3 Å². The maximum absolute atomic E-state index is 12.9. The fourth-order valence-corrected chi connectivity index (χ4v) is 1.94. The molecule has 17 heavy (non-hydrogen) atoms. The predicted molar refractivity (Wildman–Crippen MR) is 56.2 cm³/mol. The zero-order chi connectivity index (χ0) is 12.6. The summed E-state index contributed by atoms with van der Waals surface area (Å²) in [6.45, 7) is -5.09. The summed E-state index contributed by atoms with van der Waals surface area (Å²) in [6.07, 6.45) is -0.993. The molecule has 0 aliphatic carbocycles. The average Bonchev–Trinajstić information content (AvgIpc) is 2.21. The summed E-state index contributed by atoms with van der Waals surface area (Å²) >= 11 is 0. The Balaban J connectivity index is 2.37. The minimum atomic E-state index is -5.09. The van der Waals surface area contributed by atoms with Crippen LogP contribution >= 0.6 is 0 Å². The number of carbonyl (C=O) groups excluding carboxylic acids is 1. The molecule has 2 rings (SSSR count). The second-order valence-electron chi connectivity index (χ2n) is 3.99. The Kier molecular flexibility index (Phi) is 2.85. The third-order valence-corrected chi connectivity index (χ3v) is 2.63. The molecule has 0 saturated carbocycles. The second-order valence-corrected chi connectivity index (χ2v) is 3.99. The molecule has 1 amide bonds. The highest BCUT2D eigenvalue weighted by Gasteiger charge is 2.32. The largest absolute Gasteiger partial charge is 0.497 e. The highest BCUT2D eigenvalue weighted by molar-refractivity contribution is 6.59. The van der Waals surface area contributed by atoms with Crippen molar-refractivity contribution in [2.45, 2.75) is 12.8 Å². The van der Waals surface area contributed by atoms with E-state index in [1.165, 1.54) is 12.1 Å². The lowest BCUT2D eigenvalue weighted by Gasteiger charge is -2.33. The first-order valence-electron chi connectivity index (χ1n) is 5.16. The van der Waals surface area contributed by atoms with Gasteiger partial charge < -0.3 is 17.8 Å². The molecule has 92 valence electrons. The first-order chi connectivity index (χ1) is 7.87. The lowest BCUT2D eigenvalue weighted by atomic mass is 9.88. The molecule has 0 N–H and O–H groups in total. The van der Waals surface area contributed by atoms with Gasteiger partial charge in [0.05, 0.1) is 0 Å². The molecule has 1 aromatic rings. The summed E-state index contributed by atoms with van der Waals surface area (Å²) in [6, 6.07) is 3.47. The smallest absolute Gasteiger partial charge is 0.448 e. The summed E-state index contributed by atoms with van der Waals surface area (Å²) in [7, 11) is 0. The van der Waals surface area contributed by atoms with Crippen molar-refractivity contribution >= 4 is 18.6 Å². The number of carbonyl (C=O) groups is 1. The molecular formula is C10H9BF4NO-. The third kappa shape index (κ3) is 2.59. The van der Waals surface area contributed by atoms with Gasteiger partial charge in [0.15, 0.2) is 0 Å². The molecule has 0 atom stereocenters. The third-order valence-electron chi connectivity index (χ3n) is 2.63. The van der Waals surface area contributed by atoms with E-state index in [0.717, 1.165) is 6.07 Å². The fourth-order valence-electron chi connectivity index (χ4n) is 1.94. The summed E-state index contributed by atoms with van der Waals surface area (Å²) in [5.41, 5.74) is 0.617. The second kappa shape index (κ2) is 4.05. The van der Waals surface area contributed by atoms with Crippen LogP contribution in [0.1, 0.15) is 12.0 Å². The first kappa shape index (κ1) is 11.9. The van der Waals surface area contributed by atoms with E-state index >= 15 is 0 Å². The van der Waals surface area contributed by atoms with Gasteiger partial charge in [-0.1, -0.05) is 0 Å². The number of benzene rings is 1. The lowest BCUT2D eigenvalue weighted by Crippen LogP contribution is -2.44. The highest BCUT2D eigenvalue weighted by Crippen LogP contribution is 2.30. The van der Waals surface area contributed by atoms with E-state index in [2.05, 4.69) is 0 Å². The number of fused-ring (bicyclic) bond motifs is 1. The van der Waals surface area contributed by atoms with Crippen LogP contribution in [0.2, 0.25) is 0 Å². The van der Waals surface area contributed by atoms with Crippen molar-refractivity contribution in [1.82, 2.24) is 0 Å². The van der Waals surface area contributed by atoms with Crippen LogP contribution in [0.5, 0.6) is 0 Å². The van der Waals surface area contributed by atoms with E-state index in [1.54, 1.807) is 0 Å². The van der Waals surface area contributed by atoms with E-state index in [1.807, 2.05) is 0 Å². The molecule has 1 aliphatic heterocycles. The van der Waals surface area contributed by atoms with E-state index in [0.29, 0.717) is 10.5 Å². The van der Waals surface area contributed by atoms with Crippen LogP contribution in [0.25, 0.3) is 0 Å². The van der Waals surface area contributed by atoms with Gasteiger partial charge in [-0.15, -0.1) is 0 Å². The number of aryl methyl sites for hydroxylation is 1. The van der Waals surface area contributed by atoms with Gasteiger partial charge in [0.1, 0.15) is 5.82 Å². The van der Waals surface area contributed by atoms with Crippen LogP contribution in [-0.2, 0) is 11.2 Å². The molecule has 1 aliphatic rings. The minimum absolute atomic E-state index is 0.0113. The first-order valence-corrected chi connectivity index (χ1v) is 5.16. The maximum Gasteiger partial charge on any atom is 0.497 e. The molecule has 0 fully saturated rings. The van der Waals surface area contributed by atoms with Crippen molar-refractivity contribution in [2.75, 3.05) is 11.3 Å². The average molecular weight is 246 g/mol. The van der Waals surface area contributed by atoms with Crippen LogP contribution in [0.3, 0.4) is 0 Å². The predicted octanol–water partition coefficient (Wildman–Crippen LogP) is 2.49. The lowest BCUT2D eigenvalue weighted by molar-refractivity contribution is -0.118. The molecular weight excluding hydrogens is 237 g/mol. The van der Waals surface area contributed by atoms with E-state index < -0.39 is 25.1 Å². The van der Waals surface area contributed by atoms with Crippen molar-refractivity contribution in [2.24, 2.45) is 0 Å². The number of halogens is 4. The summed E-state index contributed by atoms with van der Waals surface area (Å²) in [5.74, 6) is -1.07. The van der Waals surface area contributed by atoms with Crippen molar-refractivity contribution < 1.29 is 22.1 Å². The van der Waals surface area contributed by atoms with Crippen LogP contribution < -0.4 is 4.90 Å². The van der Waals surface area contributed by atoms with Crippen LogP contribution in [0.4, 0.5) is 23.0 Å². The van der Waals surface area contributed by atoms with Gasteiger partial charge in [-0.25, -0.2) is 4.39 Å². The number of rotatable bonds is 2. The number of anilines is 1. The number of nitrogens with zero attached hydrogens (tertiary/aromatic N) is 1. The highest BCUT2D eigenvalue weighted by atomic mass is 19.4. The van der Waals surface area contributed by atoms with Crippen molar-refractivity contribution in [3.63, 3.8) is 0 Å².